The van der Waals surface area contributed by atoms with Crippen LogP contribution in [0.3, 0.4) is 0 Å². The zero-order chi connectivity index (χ0) is 25.5. The van der Waals surface area contributed by atoms with Crippen molar-refractivity contribution in [2.75, 3.05) is 26.3 Å². The number of hydrogen-bond acceptors (Lipinski definition) is 6. The maximum atomic E-state index is 13.6. The SMILES string of the molecule is CCOc1cc(/C=C2/CN(Cc3ccccc3)C/C(=C\c3ccc(O)c(OCC)c3)C2=O)ccc1O. The summed E-state index contributed by atoms with van der Waals surface area (Å²) in [5.41, 5.74) is 4.03. The molecule has 2 N–H and O–H groups in total. The van der Waals surface area contributed by atoms with Crippen LogP contribution in [-0.2, 0) is 11.3 Å². The molecule has 0 spiro atoms. The summed E-state index contributed by atoms with van der Waals surface area (Å²) < 4.78 is 11.0. The van der Waals surface area contributed by atoms with Crippen LogP contribution in [0.15, 0.2) is 77.9 Å². The van der Waals surface area contributed by atoms with E-state index < -0.39 is 0 Å². The molecule has 0 unspecified atom stereocenters. The maximum Gasteiger partial charge on any atom is 0.187 e. The van der Waals surface area contributed by atoms with Crippen LogP contribution in [-0.4, -0.2) is 47.2 Å². The molecule has 1 aliphatic heterocycles. The van der Waals surface area contributed by atoms with Crippen LogP contribution in [0.4, 0.5) is 0 Å². The van der Waals surface area contributed by atoms with Crippen molar-refractivity contribution in [3.05, 3.63) is 94.6 Å². The summed E-state index contributed by atoms with van der Waals surface area (Å²) in [4.78, 5) is 15.8. The van der Waals surface area contributed by atoms with Crippen molar-refractivity contribution >= 4 is 17.9 Å². The van der Waals surface area contributed by atoms with Gasteiger partial charge in [0.2, 0.25) is 0 Å². The Hall–Kier alpha value is -4.03. The number of carbonyl (C=O) groups is 1. The van der Waals surface area contributed by atoms with E-state index >= 15 is 0 Å². The molecule has 0 radical (unpaired) electrons. The van der Waals surface area contributed by atoms with E-state index in [0.29, 0.717) is 55.5 Å². The molecular weight excluding hydrogens is 454 g/mol. The zero-order valence-corrected chi connectivity index (χ0v) is 20.6. The number of ketones is 1. The largest absolute Gasteiger partial charge is 0.504 e. The predicted molar refractivity (Wildman–Crippen MR) is 141 cm³/mol. The molecule has 1 fully saturated rings. The molecule has 6 heteroatoms. The minimum absolute atomic E-state index is 0.0311. The van der Waals surface area contributed by atoms with Gasteiger partial charge in [0.05, 0.1) is 13.2 Å². The van der Waals surface area contributed by atoms with Crippen molar-refractivity contribution in [2.45, 2.75) is 20.4 Å². The third kappa shape index (κ3) is 6.15. The number of phenolic OH excluding ortho intramolecular Hbond substituents is 2. The highest BCUT2D eigenvalue weighted by molar-refractivity contribution is 6.14. The minimum atomic E-state index is -0.0311. The number of nitrogens with zero attached hydrogens (tertiary/aromatic N) is 1. The summed E-state index contributed by atoms with van der Waals surface area (Å²) in [6.45, 7) is 6.26. The number of benzene rings is 3. The standard InChI is InChI=1S/C30H31NO5/c1-3-35-28-16-22(10-12-26(28)32)14-24-19-31(18-21-8-6-5-7-9-21)20-25(30(24)34)15-23-11-13-27(33)29(17-23)36-4-2/h5-17,32-33H,3-4,18-20H2,1-2H3/b24-14-,25-15+. The summed E-state index contributed by atoms with van der Waals surface area (Å²) in [5, 5.41) is 20.1. The van der Waals surface area contributed by atoms with Crippen molar-refractivity contribution in [1.82, 2.24) is 4.90 Å². The van der Waals surface area contributed by atoms with Gasteiger partial charge in [0.15, 0.2) is 28.8 Å². The normalized spacial score (nSPS) is 16.4. The topological polar surface area (TPSA) is 79.2 Å². The molecule has 0 bridgehead atoms. The third-order valence-electron chi connectivity index (χ3n) is 5.87. The predicted octanol–water partition coefficient (Wildman–Crippen LogP) is 5.45. The highest BCUT2D eigenvalue weighted by Crippen LogP contribution is 2.31. The van der Waals surface area contributed by atoms with E-state index in [2.05, 4.69) is 17.0 Å². The van der Waals surface area contributed by atoms with E-state index in [1.54, 1.807) is 36.4 Å². The quantitative estimate of drug-likeness (QED) is 0.413. The summed E-state index contributed by atoms with van der Waals surface area (Å²) in [5.74, 6) is 0.880. The van der Waals surface area contributed by atoms with Gasteiger partial charge in [0, 0.05) is 30.8 Å². The van der Waals surface area contributed by atoms with Crippen LogP contribution in [0, 0.1) is 0 Å². The monoisotopic (exact) mass is 485 g/mol. The fourth-order valence-electron chi connectivity index (χ4n) is 4.25. The highest BCUT2D eigenvalue weighted by atomic mass is 16.5. The Morgan fingerprint density at radius 2 is 1.28 bits per heavy atom. The molecule has 1 saturated heterocycles. The van der Waals surface area contributed by atoms with E-state index in [9.17, 15) is 15.0 Å². The van der Waals surface area contributed by atoms with Gasteiger partial charge in [-0.15, -0.1) is 0 Å². The summed E-state index contributed by atoms with van der Waals surface area (Å²) in [7, 11) is 0. The van der Waals surface area contributed by atoms with Crippen molar-refractivity contribution in [3.8, 4) is 23.0 Å². The van der Waals surface area contributed by atoms with E-state index in [1.165, 1.54) is 0 Å². The first-order valence-corrected chi connectivity index (χ1v) is 12.1. The lowest BCUT2D eigenvalue weighted by molar-refractivity contribution is -0.113. The second-order valence-corrected chi connectivity index (χ2v) is 8.62. The first-order chi connectivity index (χ1) is 17.5. The van der Waals surface area contributed by atoms with Crippen LogP contribution in [0.25, 0.3) is 12.2 Å². The Kier molecular flexibility index (Phi) is 8.08. The summed E-state index contributed by atoms with van der Waals surface area (Å²) in [6.07, 6.45) is 3.72. The number of aromatic hydroxyl groups is 2. The summed E-state index contributed by atoms with van der Waals surface area (Å²) in [6, 6.07) is 20.3. The molecule has 186 valence electrons. The molecule has 1 heterocycles. The van der Waals surface area contributed by atoms with Crippen molar-refractivity contribution in [1.29, 1.82) is 0 Å². The lowest BCUT2D eigenvalue weighted by Crippen LogP contribution is -2.37. The summed E-state index contributed by atoms with van der Waals surface area (Å²) >= 11 is 0. The van der Waals surface area contributed by atoms with Gasteiger partial charge in [0.1, 0.15) is 0 Å². The average molecular weight is 486 g/mol. The number of piperidine rings is 1. The van der Waals surface area contributed by atoms with Crippen LogP contribution < -0.4 is 9.47 Å². The Bertz CT molecular complexity index is 1200. The molecule has 3 aromatic rings. The van der Waals surface area contributed by atoms with Gasteiger partial charge in [-0.05, 0) is 67.0 Å². The molecule has 0 saturated carbocycles. The van der Waals surface area contributed by atoms with Crippen molar-refractivity contribution in [3.63, 3.8) is 0 Å². The Labute approximate surface area is 211 Å². The van der Waals surface area contributed by atoms with Crippen molar-refractivity contribution in [2.24, 2.45) is 0 Å². The third-order valence-corrected chi connectivity index (χ3v) is 5.87. The number of phenols is 2. The number of likely N-dealkylation sites (tertiary alicyclic amines) is 1. The first kappa shape index (κ1) is 25.1. The van der Waals surface area contributed by atoms with Gasteiger partial charge in [-0.25, -0.2) is 0 Å². The van der Waals surface area contributed by atoms with Gasteiger partial charge in [-0.2, -0.15) is 0 Å². The smallest absolute Gasteiger partial charge is 0.187 e. The van der Waals surface area contributed by atoms with E-state index in [-0.39, 0.29) is 17.3 Å². The van der Waals surface area contributed by atoms with Gasteiger partial charge >= 0.3 is 0 Å². The van der Waals surface area contributed by atoms with Crippen LogP contribution in [0.2, 0.25) is 0 Å². The Morgan fingerprint density at radius 1 is 0.778 bits per heavy atom. The molecule has 6 nitrogen and oxygen atoms in total. The Morgan fingerprint density at radius 3 is 1.75 bits per heavy atom. The first-order valence-electron chi connectivity index (χ1n) is 12.1. The molecule has 4 rings (SSSR count). The molecule has 0 aliphatic carbocycles. The average Bonchev–Trinajstić information content (AvgIpc) is 2.87. The molecule has 0 amide bonds. The molecule has 0 aromatic heterocycles. The number of carbonyl (C=O) groups excluding carboxylic acids is 1. The zero-order valence-electron chi connectivity index (χ0n) is 20.6. The number of hydrogen-bond donors (Lipinski definition) is 2. The molecular formula is C30H31NO5. The second kappa shape index (κ2) is 11.6. The van der Waals surface area contributed by atoms with Gasteiger partial charge in [0.25, 0.3) is 0 Å². The number of Topliss-reactive ketones (excluding diaryl/α,β-unsaturated/α-hetero) is 1. The highest BCUT2D eigenvalue weighted by Gasteiger charge is 2.26. The Balaban J connectivity index is 1.70. The van der Waals surface area contributed by atoms with Crippen molar-refractivity contribution < 1.29 is 24.5 Å². The second-order valence-electron chi connectivity index (χ2n) is 8.62. The fourth-order valence-corrected chi connectivity index (χ4v) is 4.25. The lowest BCUT2D eigenvalue weighted by atomic mass is 9.93. The van der Waals surface area contributed by atoms with E-state index in [1.807, 2.05) is 44.2 Å². The molecule has 1 aliphatic rings. The van der Waals surface area contributed by atoms with Crippen LogP contribution in [0.5, 0.6) is 23.0 Å². The van der Waals surface area contributed by atoms with Gasteiger partial charge in [-0.1, -0.05) is 42.5 Å². The van der Waals surface area contributed by atoms with Crippen LogP contribution in [0.1, 0.15) is 30.5 Å². The van der Waals surface area contributed by atoms with Gasteiger partial charge < -0.3 is 19.7 Å². The maximum absolute atomic E-state index is 13.6. The number of ether oxygens (including phenoxy) is 2. The molecule has 0 atom stereocenters. The molecule has 36 heavy (non-hydrogen) atoms. The fraction of sp³-hybridized carbons (Fsp3) is 0.233. The van der Waals surface area contributed by atoms with Gasteiger partial charge in [-0.3, -0.25) is 9.69 Å². The number of rotatable bonds is 8. The minimum Gasteiger partial charge on any atom is -0.504 e. The van der Waals surface area contributed by atoms with Crippen LogP contribution >= 0.6 is 0 Å². The lowest BCUT2D eigenvalue weighted by Gasteiger charge is -2.30. The van der Waals surface area contributed by atoms with E-state index in [0.717, 1.165) is 16.7 Å². The van der Waals surface area contributed by atoms with E-state index in [4.69, 9.17) is 9.47 Å². The molecule has 3 aromatic carbocycles.